The van der Waals surface area contributed by atoms with Gasteiger partial charge in [-0.2, -0.15) is 4.98 Å². The van der Waals surface area contributed by atoms with Crippen LogP contribution < -0.4 is 4.74 Å². The maximum Gasteiger partial charge on any atom is 0.227 e. The van der Waals surface area contributed by atoms with Crippen LogP contribution >= 0.6 is 11.3 Å². The van der Waals surface area contributed by atoms with E-state index in [4.69, 9.17) is 4.74 Å². The number of ether oxygens (including phenoxy) is 1. The van der Waals surface area contributed by atoms with Gasteiger partial charge in [0.25, 0.3) is 0 Å². The molecule has 0 aromatic carbocycles. The Morgan fingerprint density at radius 1 is 1.75 bits per heavy atom. The SMILES string of the molecule is COc1n[c]sc1C. The summed E-state index contributed by atoms with van der Waals surface area (Å²) in [6.07, 6.45) is 0. The van der Waals surface area contributed by atoms with Crippen molar-refractivity contribution in [3.8, 4) is 5.88 Å². The van der Waals surface area contributed by atoms with Crippen molar-refractivity contribution < 1.29 is 4.74 Å². The summed E-state index contributed by atoms with van der Waals surface area (Å²) in [7, 11) is 1.61. The summed E-state index contributed by atoms with van der Waals surface area (Å²) < 4.78 is 4.85. The average Bonchev–Trinajstić information content (AvgIpc) is 2.14. The van der Waals surface area contributed by atoms with Crippen LogP contribution in [0.1, 0.15) is 4.88 Å². The zero-order chi connectivity index (χ0) is 5.98. The number of hydrogen-bond donors (Lipinski definition) is 0. The quantitative estimate of drug-likeness (QED) is 0.568. The molecule has 0 aliphatic rings. The maximum absolute atomic E-state index is 4.85. The molecule has 0 atom stereocenters. The van der Waals surface area contributed by atoms with Gasteiger partial charge in [-0.25, -0.2) is 0 Å². The molecule has 0 amide bonds. The third-order valence-corrected chi connectivity index (χ3v) is 1.50. The van der Waals surface area contributed by atoms with E-state index in [0.717, 1.165) is 4.88 Å². The van der Waals surface area contributed by atoms with Gasteiger partial charge in [-0.05, 0) is 6.92 Å². The van der Waals surface area contributed by atoms with Crippen molar-refractivity contribution in [1.29, 1.82) is 0 Å². The number of aromatic nitrogens is 1. The van der Waals surface area contributed by atoms with Crippen molar-refractivity contribution in [2.75, 3.05) is 7.11 Å². The number of rotatable bonds is 1. The van der Waals surface area contributed by atoms with E-state index >= 15 is 0 Å². The lowest BCUT2D eigenvalue weighted by Crippen LogP contribution is -1.82. The molecule has 3 heteroatoms. The van der Waals surface area contributed by atoms with E-state index in [1.807, 2.05) is 6.92 Å². The minimum absolute atomic E-state index is 0.690. The molecule has 1 rings (SSSR count). The number of methoxy groups -OCH3 is 1. The topological polar surface area (TPSA) is 22.1 Å². The van der Waals surface area contributed by atoms with Crippen molar-refractivity contribution in [1.82, 2.24) is 4.98 Å². The van der Waals surface area contributed by atoms with E-state index in [-0.39, 0.29) is 0 Å². The molecule has 0 saturated carbocycles. The van der Waals surface area contributed by atoms with Gasteiger partial charge >= 0.3 is 0 Å². The molecule has 1 aromatic heterocycles. The van der Waals surface area contributed by atoms with Crippen LogP contribution in [-0.2, 0) is 0 Å². The van der Waals surface area contributed by atoms with Crippen LogP contribution in [0.3, 0.4) is 0 Å². The van der Waals surface area contributed by atoms with Crippen LogP contribution in [0.15, 0.2) is 0 Å². The Morgan fingerprint density at radius 3 is 2.75 bits per heavy atom. The van der Waals surface area contributed by atoms with E-state index in [2.05, 4.69) is 10.5 Å². The molecule has 0 N–H and O–H groups in total. The smallest absolute Gasteiger partial charge is 0.227 e. The molecule has 0 spiro atoms. The molecule has 2 nitrogen and oxygen atoms in total. The summed E-state index contributed by atoms with van der Waals surface area (Å²) in [5, 5.41) is 0. The fraction of sp³-hybridized carbons (Fsp3) is 0.400. The Labute approximate surface area is 52.1 Å². The first-order valence-electron chi connectivity index (χ1n) is 2.22. The maximum atomic E-state index is 4.85. The van der Waals surface area contributed by atoms with Gasteiger partial charge in [0.05, 0.1) is 12.0 Å². The lowest BCUT2D eigenvalue weighted by atomic mass is 10.6. The molecule has 0 bridgehead atoms. The van der Waals surface area contributed by atoms with Crippen LogP contribution in [0, 0.1) is 12.4 Å². The van der Waals surface area contributed by atoms with Gasteiger partial charge in [0.1, 0.15) is 0 Å². The van der Waals surface area contributed by atoms with Gasteiger partial charge in [-0.1, -0.05) is 0 Å². The molecule has 0 fully saturated rings. The van der Waals surface area contributed by atoms with E-state index in [9.17, 15) is 0 Å². The lowest BCUT2D eigenvalue weighted by molar-refractivity contribution is 0.398. The van der Waals surface area contributed by atoms with Crippen molar-refractivity contribution in [2.45, 2.75) is 6.92 Å². The van der Waals surface area contributed by atoms with Crippen LogP contribution in [-0.4, -0.2) is 12.1 Å². The average molecular weight is 128 g/mol. The van der Waals surface area contributed by atoms with Crippen molar-refractivity contribution >= 4 is 11.3 Å². The third-order valence-electron chi connectivity index (χ3n) is 0.840. The minimum atomic E-state index is 0.690. The zero-order valence-electron chi connectivity index (χ0n) is 4.76. The molecule has 0 unspecified atom stereocenters. The Balaban J connectivity index is 2.92. The molecular weight excluding hydrogens is 122 g/mol. The van der Waals surface area contributed by atoms with Crippen LogP contribution in [0.4, 0.5) is 0 Å². The Bertz CT molecular complexity index is 173. The van der Waals surface area contributed by atoms with Crippen molar-refractivity contribution in [3.63, 3.8) is 0 Å². The van der Waals surface area contributed by atoms with Crippen molar-refractivity contribution in [2.24, 2.45) is 0 Å². The standard InChI is InChI=1S/C5H6NOS/c1-4-5(7-2)6-3-8-4/h1-2H3. The number of nitrogens with zero attached hydrogens (tertiary/aromatic N) is 1. The first-order chi connectivity index (χ1) is 3.84. The number of aryl methyl sites for hydroxylation is 1. The van der Waals surface area contributed by atoms with E-state index in [1.165, 1.54) is 11.3 Å². The highest BCUT2D eigenvalue weighted by atomic mass is 32.1. The molecular formula is C5H6NOS. The molecule has 0 aliphatic carbocycles. The molecule has 8 heavy (non-hydrogen) atoms. The highest BCUT2D eigenvalue weighted by Gasteiger charge is 1.97. The lowest BCUT2D eigenvalue weighted by Gasteiger charge is -1.90. The molecule has 1 aromatic rings. The first-order valence-corrected chi connectivity index (χ1v) is 3.03. The van der Waals surface area contributed by atoms with Crippen molar-refractivity contribution in [3.05, 3.63) is 10.4 Å². The zero-order valence-corrected chi connectivity index (χ0v) is 5.58. The fourth-order valence-electron chi connectivity index (χ4n) is 0.444. The van der Waals surface area contributed by atoms with E-state index in [0.29, 0.717) is 5.88 Å². The first kappa shape index (κ1) is 5.56. The van der Waals surface area contributed by atoms with Gasteiger partial charge in [0, 0.05) is 0 Å². The van der Waals surface area contributed by atoms with Gasteiger partial charge in [0.2, 0.25) is 5.88 Å². The van der Waals surface area contributed by atoms with Crippen LogP contribution in [0.5, 0.6) is 5.88 Å². The summed E-state index contributed by atoms with van der Waals surface area (Å²) in [5.41, 5.74) is 2.72. The second kappa shape index (κ2) is 2.13. The van der Waals surface area contributed by atoms with Gasteiger partial charge in [0.15, 0.2) is 5.51 Å². The number of hydrogen-bond acceptors (Lipinski definition) is 3. The molecule has 43 valence electrons. The molecule has 0 aliphatic heterocycles. The summed E-state index contributed by atoms with van der Waals surface area (Å²) in [4.78, 5) is 4.88. The second-order valence-corrected chi connectivity index (χ2v) is 2.37. The van der Waals surface area contributed by atoms with Crippen LogP contribution in [0.2, 0.25) is 0 Å². The largest absolute Gasteiger partial charge is 0.480 e. The van der Waals surface area contributed by atoms with Gasteiger partial charge in [-0.15, -0.1) is 11.3 Å². The minimum Gasteiger partial charge on any atom is -0.480 e. The normalized spacial score (nSPS) is 9.25. The summed E-state index contributed by atoms with van der Waals surface area (Å²) in [6, 6.07) is 0. The fourth-order valence-corrected chi connectivity index (χ4v) is 0.926. The highest BCUT2D eigenvalue weighted by Crippen LogP contribution is 2.16. The third kappa shape index (κ3) is 0.816. The monoisotopic (exact) mass is 128 g/mol. The Hall–Kier alpha value is -0.570. The van der Waals surface area contributed by atoms with E-state index in [1.54, 1.807) is 7.11 Å². The second-order valence-electron chi connectivity index (χ2n) is 1.37. The summed E-state index contributed by atoms with van der Waals surface area (Å²) in [5.74, 6) is 0.690. The predicted octanol–water partition coefficient (Wildman–Crippen LogP) is 1.26. The Kier molecular flexibility index (Phi) is 1.48. The Morgan fingerprint density at radius 2 is 2.50 bits per heavy atom. The van der Waals surface area contributed by atoms with Gasteiger partial charge < -0.3 is 4.74 Å². The van der Waals surface area contributed by atoms with Gasteiger partial charge in [-0.3, -0.25) is 0 Å². The molecule has 0 saturated heterocycles. The van der Waals surface area contributed by atoms with E-state index < -0.39 is 0 Å². The summed E-state index contributed by atoms with van der Waals surface area (Å²) >= 11 is 1.47. The highest BCUT2D eigenvalue weighted by molar-refractivity contribution is 7.09. The summed E-state index contributed by atoms with van der Waals surface area (Å²) in [6.45, 7) is 1.95. The van der Waals surface area contributed by atoms with Crippen LogP contribution in [0.25, 0.3) is 0 Å². The predicted molar refractivity (Wildman–Crippen MR) is 32.2 cm³/mol. The molecule has 1 heterocycles. The number of thiazole rings is 1. The molecule has 1 radical (unpaired) electrons.